The largest absolute Gasteiger partial charge is 0.488 e. The second kappa shape index (κ2) is 15.2. The highest BCUT2D eigenvalue weighted by atomic mass is 16.5. The van der Waals surface area contributed by atoms with Crippen molar-refractivity contribution in [3.8, 4) is 5.75 Å². The van der Waals surface area contributed by atoms with Gasteiger partial charge in [0.2, 0.25) is 0 Å². The molecule has 13 heteroatoms. The number of nitrogen functional groups attached to an aromatic ring is 1. The van der Waals surface area contributed by atoms with Gasteiger partial charge in [-0.1, -0.05) is 36.3 Å². The standard InChI is InChI=1S/C36H43N7O6/c1-21-17-43(22(2)20-44)35(46)28-16-27(38-36(47)40-33-23(3)41-49-24(33)4)14-15-31(28)48-32(21)19-42(5)18-25-10-12-26(13-11-25)34(45)39-30-9-7-6-8-29(30)37/h6-16,21-22,32,44H,17-20,37H2,1-5H3,(H,39,45)(H2,38,40,47)/t21-,22+,32-/m0/s1. The third kappa shape index (κ3) is 8.37. The number of fused-ring (bicyclic) bond motifs is 1. The molecule has 0 spiro atoms. The second-order valence-corrected chi connectivity index (χ2v) is 12.5. The maximum Gasteiger partial charge on any atom is 0.323 e. The van der Waals surface area contributed by atoms with Crippen LogP contribution in [0.3, 0.4) is 0 Å². The van der Waals surface area contributed by atoms with E-state index >= 15 is 0 Å². The van der Waals surface area contributed by atoms with Gasteiger partial charge in [-0.25, -0.2) is 4.79 Å². The molecule has 4 aromatic rings. The van der Waals surface area contributed by atoms with Crippen molar-refractivity contribution in [3.63, 3.8) is 0 Å². The molecule has 5 rings (SSSR count). The smallest absolute Gasteiger partial charge is 0.323 e. The molecule has 258 valence electrons. The second-order valence-electron chi connectivity index (χ2n) is 12.5. The Kier molecular flexibility index (Phi) is 10.8. The molecule has 1 aliphatic rings. The first-order valence-corrected chi connectivity index (χ1v) is 16.1. The maximum atomic E-state index is 13.8. The average molecular weight is 670 g/mol. The van der Waals surface area contributed by atoms with Crippen LogP contribution >= 0.6 is 0 Å². The zero-order chi connectivity index (χ0) is 35.2. The number of para-hydroxylation sites is 2. The molecule has 0 saturated carbocycles. The van der Waals surface area contributed by atoms with Crippen LogP contribution in [0.25, 0.3) is 0 Å². The van der Waals surface area contributed by atoms with E-state index in [9.17, 15) is 19.5 Å². The molecule has 13 nitrogen and oxygen atoms in total. The van der Waals surface area contributed by atoms with E-state index in [-0.39, 0.29) is 36.0 Å². The number of aryl methyl sites for hydroxylation is 2. The lowest BCUT2D eigenvalue weighted by Gasteiger charge is -2.38. The van der Waals surface area contributed by atoms with Crippen molar-refractivity contribution in [3.05, 3.63) is 94.9 Å². The summed E-state index contributed by atoms with van der Waals surface area (Å²) in [7, 11) is 1.98. The number of nitrogens with zero attached hydrogens (tertiary/aromatic N) is 3. The van der Waals surface area contributed by atoms with Crippen molar-refractivity contribution in [2.75, 3.05) is 48.4 Å². The van der Waals surface area contributed by atoms with Gasteiger partial charge in [0.25, 0.3) is 11.8 Å². The van der Waals surface area contributed by atoms with Crippen LogP contribution in [0, 0.1) is 19.8 Å². The molecule has 0 aliphatic carbocycles. The third-order valence-corrected chi connectivity index (χ3v) is 8.56. The zero-order valence-electron chi connectivity index (χ0n) is 28.3. The fourth-order valence-electron chi connectivity index (χ4n) is 5.71. The normalized spacial score (nSPS) is 16.6. The molecule has 3 aromatic carbocycles. The number of carbonyl (C=O) groups excluding carboxylic acids is 3. The summed E-state index contributed by atoms with van der Waals surface area (Å²) in [6.07, 6.45) is -0.312. The fourth-order valence-corrected chi connectivity index (χ4v) is 5.71. The summed E-state index contributed by atoms with van der Waals surface area (Å²) < 4.78 is 11.6. The van der Waals surface area contributed by atoms with Crippen LogP contribution in [0.5, 0.6) is 5.75 Å². The van der Waals surface area contributed by atoms with Crippen molar-refractivity contribution in [2.24, 2.45) is 5.92 Å². The first kappa shape index (κ1) is 34.9. The van der Waals surface area contributed by atoms with Gasteiger partial charge in [-0.2, -0.15) is 0 Å². The monoisotopic (exact) mass is 669 g/mol. The number of anilines is 4. The molecule has 49 heavy (non-hydrogen) atoms. The number of amides is 4. The van der Waals surface area contributed by atoms with E-state index in [1.165, 1.54) is 0 Å². The van der Waals surface area contributed by atoms with E-state index in [4.69, 9.17) is 15.0 Å². The Hall–Kier alpha value is -5.40. The molecular weight excluding hydrogens is 626 g/mol. The minimum atomic E-state index is -0.517. The van der Waals surface area contributed by atoms with Crippen molar-refractivity contribution in [2.45, 2.75) is 46.4 Å². The molecule has 0 radical (unpaired) electrons. The van der Waals surface area contributed by atoms with E-state index in [0.717, 1.165) is 5.56 Å². The molecule has 1 aromatic heterocycles. The van der Waals surface area contributed by atoms with Crippen LogP contribution in [0.2, 0.25) is 0 Å². The van der Waals surface area contributed by atoms with Crippen LogP contribution in [0.15, 0.2) is 71.3 Å². The number of aliphatic hydroxyl groups excluding tert-OH is 1. The molecule has 3 atom stereocenters. The van der Waals surface area contributed by atoms with Gasteiger partial charge in [0, 0.05) is 36.8 Å². The Morgan fingerprint density at radius 1 is 1.08 bits per heavy atom. The average Bonchev–Trinajstić information content (AvgIpc) is 3.39. The van der Waals surface area contributed by atoms with Gasteiger partial charge >= 0.3 is 6.03 Å². The van der Waals surface area contributed by atoms with Gasteiger partial charge < -0.3 is 41.0 Å². The number of hydrogen-bond acceptors (Lipinski definition) is 9. The molecule has 0 saturated heterocycles. The first-order chi connectivity index (χ1) is 23.4. The SMILES string of the molecule is Cc1noc(C)c1NC(=O)Nc1ccc2c(c1)C(=O)N([C@H](C)CO)C[C@H](C)[C@H](CN(C)Cc1ccc(C(=O)Nc3ccccc3N)cc1)O2. The minimum Gasteiger partial charge on any atom is -0.488 e. The zero-order valence-corrected chi connectivity index (χ0v) is 28.3. The third-order valence-electron chi connectivity index (χ3n) is 8.56. The summed E-state index contributed by atoms with van der Waals surface area (Å²) >= 11 is 0. The minimum absolute atomic E-state index is 0.0799. The van der Waals surface area contributed by atoms with E-state index in [1.54, 1.807) is 68.1 Å². The van der Waals surface area contributed by atoms with Crippen molar-refractivity contribution < 1.29 is 28.8 Å². The van der Waals surface area contributed by atoms with Crippen LogP contribution in [-0.4, -0.2) is 76.8 Å². The number of ether oxygens (including phenoxy) is 1. The van der Waals surface area contributed by atoms with Gasteiger partial charge in [-0.3, -0.25) is 14.5 Å². The molecule has 1 aliphatic heterocycles. The number of benzene rings is 3. The van der Waals surface area contributed by atoms with Gasteiger partial charge in [0.05, 0.1) is 29.6 Å². The Labute approximate surface area is 285 Å². The summed E-state index contributed by atoms with van der Waals surface area (Å²) in [5.41, 5.74) is 10.2. The number of nitrogens with two attached hydrogens (primary N) is 1. The molecule has 4 amide bonds. The van der Waals surface area contributed by atoms with Crippen LogP contribution < -0.4 is 26.4 Å². The molecule has 0 fully saturated rings. The maximum absolute atomic E-state index is 13.8. The summed E-state index contributed by atoms with van der Waals surface area (Å²) in [5, 5.41) is 22.2. The summed E-state index contributed by atoms with van der Waals surface area (Å²) in [6.45, 7) is 8.52. The molecule has 2 heterocycles. The highest BCUT2D eigenvalue weighted by molar-refractivity contribution is 6.06. The lowest BCUT2D eigenvalue weighted by Crippen LogP contribution is -2.49. The number of carbonyl (C=O) groups is 3. The fraction of sp³-hybridized carbons (Fsp3) is 0.333. The summed E-state index contributed by atoms with van der Waals surface area (Å²) in [6, 6.07) is 18.5. The number of hydrogen-bond donors (Lipinski definition) is 5. The Bertz CT molecular complexity index is 1790. The predicted octanol–water partition coefficient (Wildman–Crippen LogP) is 5.12. The quantitative estimate of drug-likeness (QED) is 0.144. The van der Waals surface area contributed by atoms with E-state index in [2.05, 4.69) is 26.0 Å². The number of aromatic nitrogens is 1. The Morgan fingerprint density at radius 2 is 1.82 bits per heavy atom. The van der Waals surface area contributed by atoms with Crippen LogP contribution in [0.4, 0.5) is 27.5 Å². The molecule has 6 N–H and O–H groups in total. The van der Waals surface area contributed by atoms with Crippen LogP contribution in [-0.2, 0) is 6.54 Å². The lowest BCUT2D eigenvalue weighted by atomic mass is 9.99. The highest BCUT2D eigenvalue weighted by Gasteiger charge is 2.33. The molecular formula is C36H43N7O6. The molecule has 0 bridgehead atoms. The van der Waals surface area contributed by atoms with Gasteiger partial charge in [-0.05, 0) is 75.8 Å². The number of aliphatic hydroxyl groups is 1. The first-order valence-electron chi connectivity index (χ1n) is 16.1. The van der Waals surface area contributed by atoms with Gasteiger partial charge in [0.1, 0.15) is 23.2 Å². The number of nitrogens with one attached hydrogen (secondary N) is 3. The Balaban J connectivity index is 1.29. The number of urea groups is 1. The van der Waals surface area contributed by atoms with E-state index < -0.39 is 12.1 Å². The van der Waals surface area contributed by atoms with Crippen LogP contribution in [0.1, 0.15) is 51.6 Å². The Morgan fingerprint density at radius 3 is 2.49 bits per heavy atom. The topological polar surface area (TPSA) is 175 Å². The van der Waals surface area contributed by atoms with Gasteiger partial charge in [0.15, 0.2) is 5.76 Å². The lowest BCUT2D eigenvalue weighted by molar-refractivity contribution is 0.0341. The van der Waals surface area contributed by atoms with Crippen molar-refractivity contribution >= 4 is 40.6 Å². The van der Waals surface area contributed by atoms with E-state index in [0.29, 0.717) is 65.2 Å². The predicted molar refractivity (Wildman–Crippen MR) is 188 cm³/mol. The summed E-state index contributed by atoms with van der Waals surface area (Å²) in [4.78, 5) is 43.2. The van der Waals surface area contributed by atoms with Gasteiger partial charge in [-0.15, -0.1) is 0 Å². The molecule has 0 unspecified atom stereocenters. The number of likely N-dealkylation sites (N-methyl/N-ethyl adjacent to an activating group) is 1. The van der Waals surface area contributed by atoms with Crippen molar-refractivity contribution in [1.82, 2.24) is 15.0 Å². The van der Waals surface area contributed by atoms with E-state index in [1.807, 2.05) is 38.2 Å². The highest BCUT2D eigenvalue weighted by Crippen LogP contribution is 2.31. The number of rotatable bonds is 10. The van der Waals surface area contributed by atoms with Crippen molar-refractivity contribution in [1.29, 1.82) is 0 Å². The summed E-state index contributed by atoms with van der Waals surface area (Å²) in [5.74, 6) is 0.232.